The molecule has 0 radical (unpaired) electrons. The first-order valence-corrected chi connectivity index (χ1v) is 7.43. The van der Waals surface area contributed by atoms with Crippen LogP contribution in [0.3, 0.4) is 0 Å². The highest BCUT2D eigenvalue weighted by Crippen LogP contribution is 2.27. The summed E-state index contributed by atoms with van der Waals surface area (Å²) in [7, 11) is 0. The second-order valence-corrected chi connectivity index (χ2v) is 5.39. The van der Waals surface area contributed by atoms with Crippen LogP contribution >= 0.6 is 11.6 Å². The first-order valence-electron chi connectivity index (χ1n) is 7.05. The average Bonchev–Trinajstić information content (AvgIpc) is 2.48. The smallest absolute Gasteiger partial charge is 0.319 e. The van der Waals surface area contributed by atoms with Crippen molar-refractivity contribution in [2.75, 3.05) is 18.5 Å². The summed E-state index contributed by atoms with van der Waals surface area (Å²) >= 11 is 6.15. The number of carbonyl (C=O) groups is 1. The number of benzene rings is 2. The van der Waals surface area contributed by atoms with E-state index in [1.165, 1.54) is 0 Å². The topological polar surface area (TPSA) is 50.4 Å². The molecule has 0 spiro atoms. The number of hydrogen-bond acceptors (Lipinski definition) is 2. The van der Waals surface area contributed by atoms with E-state index in [1.54, 1.807) is 0 Å². The van der Waals surface area contributed by atoms with Gasteiger partial charge in [0.25, 0.3) is 0 Å². The summed E-state index contributed by atoms with van der Waals surface area (Å²) in [5.41, 5.74) is 2.62. The Morgan fingerprint density at radius 1 is 1.18 bits per heavy atom. The Kier molecular flexibility index (Phi) is 5.67. The van der Waals surface area contributed by atoms with E-state index in [0.717, 1.165) is 16.9 Å². The molecular formula is C17H19ClN2O2. The predicted octanol–water partition coefficient (Wildman–Crippen LogP) is 4.16. The van der Waals surface area contributed by atoms with Crippen LogP contribution < -0.4 is 15.4 Å². The number of ether oxygens (including phenoxy) is 1. The maximum Gasteiger partial charge on any atom is 0.319 e. The molecule has 116 valence electrons. The van der Waals surface area contributed by atoms with E-state index in [0.29, 0.717) is 23.9 Å². The molecule has 5 heteroatoms. The second-order valence-electron chi connectivity index (χ2n) is 4.98. The third-order valence-corrected chi connectivity index (χ3v) is 3.37. The van der Waals surface area contributed by atoms with Crippen molar-refractivity contribution >= 4 is 23.3 Å². The summed E-state index contributed by atoms with van der Waals surface area (Å²) in [6, 6.07) is 13.0. The average molecular weight is 319 g/mol. The van der Waals surface area contributed by atoms with E-state index in [-0.39, 0.29) is 6.03 Å². The number of rotatable bonds is 5. The largest absolute Gasteiger partial charge is 0.492 e. The molecule has 0 saturated heterocycles. The van der Waals surface area contributed by atoms with Gasteiger partial charge in [0, 0.05) is 0 Å². The summed E-state index contributed by atoms with van der Waals surface area (Å²) < 4.78 is 5.50. The van der Waals surface area contributed by atoms with Gasteiger partial charge in [-0.05, 0) is 43.2 Å². The van der Waals surface area contributed by atoms with Crippen molar-refractivity contribution in [1.82, 2.24) is 5.32 Å². The van der Waals surface area contributed by atoms with Crippen LogP contribution in [0.2, 0.25) is 5.02 Å². The maximum absolute atomic E-state index is 11.9. The van der Waals surface area contributed by atoms with Crippen LogP contribution in [0.1, 0.15) is 11.1 Å². The van der Waals surface area contributed by atoms with E-state index in [9.17, 15) is 4.79 Å². The summed E-state index contributed by atoms with van der Waals surface area (Å²) in [6.45, 7) is 4.68. The third kappa shape index (κ3) is 4.67. The van der Waals surface area contributed by atoms with Crippen LogP contribution in [0.4, 0.5) is 10.5 Å². The zero-order valence-electron chi connectivity index (χ0n) is 12.7. The Hall–Kier alpha value is -2.20. The van der Waals surface area contributed by atoms with Gasteiger partial charge in [0.15, 0.2) is 0 Å². The molecule has 2 rings (SSSR count). The second kappa shape index (κ2) is 7.71. The van der Waals surface area contributed by atoms with E-state index >= 15 is 0 Å². The Balaban J connectivity index is 1.79. The van der Waals surface area contributed by atoms with Crippen LogP contribution in [0.25, 0.3) is 0 Å². The molecule has 0 atom stereocenters. The fourth-order valence-corrected chi connectivity index (χ4v) is 2.45. The molecule has 0 aliphatic rings. The molecule has 2 aromatic rings. The van der Waals surface area contributed by atoms with Crippen molar-refractivity contribution in [1.29, 1.82) is 0 Å². The lowest BCUT2D eigenvalue weighted by molar-refractivity contribution is 0.247. The molecular weight excluding hydrogens is 300 g/mol. The Labute approximate surface area is 135 Å². The minimum atomic E-state index is -0.300. The molecule has 0 saturated carbocycles. The summed E-state index contributed by atoms with van der Waals surface area (Å²) in [5, 5.41) is 6.04. The monoisotopic (exact) mass is 318 g/mol. The quantitative estimate of drug-likeness (QED) is 0.813. The van der Waals surface area contributed by atoms with Gasteiger partial charge < -0.3 is 15.4 Å². The van der Waals surface area contributed by atoms with E-state index in [1.807, 2.05) is 56.3 Å². The lowest BCUT2D eigenvalue weighted by Crippen LogP contribution is -2.32. The summed E-state index contributed by atoms with van der Waals surface area (Å²) in [6.07, 6.45) is 0. The highest BCUT2D eigenvalue weighted by Gasteiger charge is 2.08. The van der Waals surface area contributed by atoms with Gasteiger partial charge in [0.1, 0.15) is 12.4 Å². The minimum absolute atomic E-state index is 0.300. The first kappa shape index (κ1) is 16.2. The SMILES string of the molecule is Cc1cc(C)c(NC(=O)NCCOc2ccccc2)c(Cl)c1. The van der Waals surface area contributed by atoms with Crippen molar-refractivity contribution < 1.29 is 9.53 Å². The van der Waals surface area contributed by atoms with Gasteiger partial charge in [-0.25, -0.2) is 4.79 Å². The van der Waals surface area contributed by atoms with Gasteiger partial charge in [0.2, 0.25) is 0 Å². The van der Waals surface area contributed by atoms with Crippen molar-refractivity contribution in [3.05, 3.63) is 58.6 Å². The van der Waals surface area contributed by atoms with E-state index in [4.69, 9.17) is 16.3 Å². The molecule has 0 aromatic heterocycles. The van der Waals surface area contributed by atoms with Gasteiger partial charge in [-0.3, -0.25) is 0 Å². The lowest BCUT2D eigenvalue weighted by atomic mass is 10.1. The maximum atomic E-state index is 11.9. The van der Waals surface area contributed by atoms with Gasteiger partial charge in [-0.15, -0.1) is 0 Å². The predicted molar refractivity (Wildman–Crippen MR) is 89.9 cm³/mol. The van der Waals surface area contributed by atoms with Gasteiger partial charge >= 0.3 is 6.03 Å². The molecule has 0 bridgehead atoms. The molecule has 2 N–H and O–H groups in total. The third-order valence-electron chi connectivity index (χ3n) is 3.07. The Morgan fingerprint density at radius 2 is 1.91 bits per heavy atom. The number of anilines is 1. The fourth-order valence-electron chi connectivity index (χ4n) is 2.08. The molecule has 0 heterocycles. The number of nitrogens with one attached hydrogen (secondary N) is 2. The fraction of sp³-hybridized carbons (Fsp3) is 0.235. The number of halogens is 1. The number of amides is 2. The number of aryl methyl sites for hydroxylation is 2. The van der Waals surface area contributed by atoms with Crippen LogP contribution in [0, 0.1) is 13.8 Å². The van der Waals surface area contributed by atoms with Crippen molar-refractivity contribution in [3.8, 4) is 5.75 Å². The number of para-hydroxylation sites is 1. The van der Waals surface area contributed by atoms with Crippen LogP contribution in [0.5, 0.6) is 5.75 Å². The van der Waals surface area contributed by atoms with Crippen molar-refractivity contribution in [3.63, 3.8) is 0 Å². The Morgan fingerprint density at radius 3 is 2.59 bits per heavy atom. The summed E-state index contributed by atoms with van der Waals surface area (Å²) in [5.74, 6) is 0.780. The van der Waals surface area contributed by atoms with Crippen LogP contribution in [-0.4, -0.2) is 19.2 Å². The number of urea groups is 1. The molecule has 4 nitrogen and oxygen atoms in total. The molecule has 0 unspecified atom stereocenters. The first-order chi connectivity index (χ1) is 10.6. The van der Waals surface area contributed by atoms with Gasteiger partial charge in [0.05, 0.1) is 17.3 Å². The number of carbonyl (C=O) groups excluding carboxylic acids is 1. The van der Waals surface area contributed by atoms with Crippen LogP contribution in [0.15, 0.2) is 42.5 Å². The molecule has 2 aromatic carbocycles. The Bertz CT molecular complexity index is 621. The van der Waals surface area contributed by atoms with Gasteiger partial charge in [-0.1, -0.05) is 35.9 Å². The molecule has 22 heavy (non-hydrogen) atoms. The molecule has 0 aliphatic heterocycles. The standard InChI is InChI=1S/C17H19ClN2O2/c1-12-10-13(2)16(15(18)11-12)20-17(21)19-8-9-22-14-6-4-3-5-7-14/h3-7,10-11H,8-9H2,1-2H3,(H2,19,20,21). The molecule has 0 aliphatic carbocycles. The van der Waals surface area contributed by atoms with E-state index in [2.05, 4.69) is 10.6 Å². The van der Waals surface area contributed by atoms with Crippen molar-refractivity contribution in [2.45, 2.75) is 13.8 Å². The van der Waals surface area contributed by atoms with Crippen LogP contribution in [-0.2, 0) is 0 Å². The highest BCUT2D eigenvalue weighted by atomic mass is 35.5. The van der Waals surface area contributed by atoms with Gasteiger partial charge in [-0.2, -0.15) is 0 Å². The lowest BCUT2D eigenvalue weighted by Gasteiger charge is -2.12. The minimum Gasteiger partial charge on any atom is -0.492 e. The highest BCUT2D eigenvalue weighted by molar-refractivity contribution is 6.34. The normalized spacial score (nSPS) is 10.1. The van der Waals surface area contributed by atoms with Crippen molar-refractivity contribution in [2.24, 2.45) is 0 Å². The van der Waals surface area contributed by atoms with E-state index < -0.39 is 0 Å². The zero-order chi connectivity index (χ0) is 15.9. The number of hydrogen-bond donors (Lipinski definition) is 2. The zero-order valence-corrected chi connectivity index (χ0v) is 13.4. The molecule has 2 amide bonds. The molecule has 0 fully saturated rings. The summed E-state index contributed by atoms with van der Waals surface area (Å²) in [4.78, 5) is 11.9.